The molecular formula is C80H73N9O4. The zero-order chi connectivity index (χ0) is 63.0. The molecule has 9 heterocycles. The number of nitrogens with zero attached hydrogens (tertiary/aromatic N) is 5. The van der Waals surface area contributed by atoms with Crippen molar-refractivity contribution >= 4 is 98.0 Å². The molecule has 1 aliphatic rings. The zero-order valence-corrected chi connectivity index (χ0v) is 52.8. The van der Waals surface area contributed by atoms with Gasteiger partial charge in [-0.05, 0) is 153 Å². The summed E-state index contributed by atoms with van der Waals surface area (Å²) in [6.07, 6.45) is 16.9. The zero-order valence-electron chi connectivity index (χ0n) is 52.8. The van der Waals surface area contributed by atoms with E-state index in [9.17, 15) is 0 Å². The maximum Gasteiger partial charge on any atom is 0.130 e. The third kappa shape index (κ3) is 13.3. The highest BCUT2D eigenvalue weighted by Gasteiger charge is 2.16. The summed E-state index contributed by atoms with van der Waals surface area (Å²) in [5.74, 6) is 4.29. The highest BCUT2D eigenvalue weighted by atomic mass is 16.5. The molecule has 1 fully saturated rings. The number of aryl methyl sites for hydroxylation is 4. The number of fused-ring (bicyclic) bond motifs is 13. The Hall–Kier alpha value is -11.1. The Kier molecular flexibility index (Phi) is 17.4. The molecule has 0 amide bonds. The van der Waals surface area contributed by atoms with E-state index in [0.29, 0.717) is 19.8 Å². The van der Waals surface area contributed by atoms with E-state index < -0.39 is 0 Å². The monoisotopic (exact) mass is 1220 g/mol. The number of H-pyrrole nitrogens is 4. The molecule has 0 atom stereocenters. The highest BCUT2D eigenvalue weighted by molar-refractivity contribution is 6.11. The van der Waals surface area contributed by atoms with Crippen LogP contribution in [-0.4, -0.2) is 58.1 Å². The van der Waals surface area contributed by atoms with Crippen LogP contribution in [0.5, 0.6) is 23.0 Å². The predicted molar refractivity (Wildman–Crippen MR) is 378 cm³/mol. The van der Waals surface area contributed by atoms with E-state index in [0.717, 1.165) is 115 Å². The smallest absolute Gasteiger partial charge is 0.130 e. The molecule has 7 aromatic carbocycles. The molecule has 16 aromatic rings. The van der Waals surface area contributed by atoms with Gasteiger partial charge in [0.05, 0.1) is 85.8 Å². The first-order chi connectivity index (χ1) is 45.7. The van der Waals surface area contributed by atoms with Crippen LogP contribution in [0, 0.1) is 33.6 Å². The maximum atomic E-state index is 6.10. The first kappa shape index (κ1) is 59.6. The molecule has 0 radical (unpaired) electrons. The lowest BCUT2D eigenvalue weighted by Crippen LogP contribution is -2.15. The number of hydrogen-bond donors (Lipinski definition) is 4. The van der Waals surface area contributed by atoms with Crippen molar-refractivity contribution in [3.8, 4) is 23.0 Å². The van der Waals surface area contributed by atoms with Crippen molar-refractivity contribution in [1.29, 1.82) is 0 Å². The Balaban J connectivity index is 0.000000108. The molecule has 0 unspecified atom stereocenters. The predicted octanol–water partition coefficient (Wildman–Crippen LogP) is 19.4. The van der Waals surface area contributed by atoms with Gasteiger partial charge < -0.3 is 38.9 Å². The second-order valence-corrected chi connectivity index (χ2v) is 24.0. The Bertz CT molecular complexity index is 5260. The fourth-order valence-corrected chi connectivity index (χ4v) is 12.9. The summed E-state index contributed by atoms with van der Waals surface area (Å²) in [7, 11) is 0. The van der Waals surface area contributed by atoms with Gasteiger partial charge in [0.2, 0.25) is 0 Å². The second-order valence-electron chi connectivity index (χ2n) is 24.0. The molecular weight excluding hydrogens is 1150 g/mol. The lowest BCUT2D eigenvalue weighted by atomic mass is 9.90. The van der Waals surface area contributed by atoms with Crippen molar-refractivity contribution < 1.29 is 18.9 Å². The topological polar surface area (TPSA) is 165 Å². The van der Waals surface area contributed by atoms with Crippen LogP contribution < -0.4 is 18.9 Å². The summed E-state index contributed by atoms with van der Waals surface area (Å²) in [5.41, 5.74) is 16.2. The number of ether oxygens (including phenoxy) is 4. The third-order valence-electron chi connectivity index (χ3n) is 17.8. The second kappa shape index (κ2) is 27.2. The Labute approximate surface area is 539 Å². The van der Waals surface area contributed by atoms with Gasteiger partial charge in [0.25, 0.3) is 0 Å². The third-order valence-corrected chi connectivity index (χ3v) is 17.8. The van der Waals surface area contributed by atoms with Crippen LogP contribution in [0.25, 0.3) is 98.0 Å². The van der Waals surface area contributed by atoms with Gasteiger partial charge >= 0.3 is 0 Å². The van der Waals surface area contributed by atoms with E-state index >= 15 is 0 Å². The molecule has 0 bridgehead atoms. The molecule has 0 aliphatic heterocycles. The number of aromatic nitrogens is 9. The van der Waals surface area contributed by atoms with Gasteiger partial charge in [-0.15, -0.1) is 0 Å². The van der Waals surface area contributed by atoms with Crippen molar-refractivity contribution in [2.75, 3.05) is 13.2 Å². The standard InChI is InChI=1S/C23H18N2O.C20H18N2O.C19H22N2O.C18H15N3O/c1-15-23-21(11-12-24-15)20-10-9-18(13-22(20)25-23)26-14-17-7-4-6-16-5-2-3-8-19(16)17;1-14-20-18(9-11-21-14)17-8-7-16(13-19(17)22-20)23-12-10-15-5-3-2-4-6-15;1-13-19-17(9-10-20-13)16-8-7-15(11-18(16)21-19)22-12-14-5-3-2-4-6-14;1-12-18-16(7-9-19-12)15-6-5-14(10-17(15)21-18)22-11-13-4-2-3-8-20-13/h2-13,25H,14H2,1H3;2-9,11,13,22H,10,12H2,1H3;7-11,14,21H,2-6,12H2,1H3;2-10,21H,11H2,1H3. The normalized spacial score (nSPS) is 12.5. The van der Waals surface area contributed by atoms with E-state index in [4.69, 9.17) is 18.9 Å². The summed E-state index contributed by atoms with van der Waals surface area (Å²) in [6.45, 7) is 10.6. The van der Waals surface area contributed by atoms with Crippen LogP contribution in [0.1, 0.15) is 71.7 Å². The van der Waals surface area contributed by atoms with Gasteiger partial charge in [-0.3, -0.25) is 24.9 Å². The molecule has 0 saturated heterocycles. The van der Waals surface area contributed by atoms with Crippen LogP contribution in [0.2, 0.25) is 0 Å². The maximum absolute atomic E-state index is 6.10. The fraction of sp³-hybridized carbons (Fsp3) is 0.188. The molecule has 1 saturated carbocycles. The van der Waals surface area contributed by atoms with Gasteiger partial charge in [-0.2, -0.15) is 0 Å². The molecule has 4 N–H and O–H groups in total. The van der Waals surface area contributed by atoms with Crippen molar-refractivity contribution in [3.05, 3.63) is 259 Å². The van der Waals surface area contributed by atoms with Crippen LogP contribution in [0.4, 0.5) is 0 Å². The summed E-state index contributed by atoms with van der Waals surface area (Å²) in [4.78, 5) is 35.5. The first-order valence-corrected chi connectivity index (χ1v) is 32.1. The Morgan fingerprint density at radius 3 is 1.29 bits per heavy atom. The minimum absolute atomic E-state index is 0.465. The minimum Gasteiger partial charge on any atom is -0.493 e. The van der Waals surface area contributed by atoms with Gasteiger partial charge in [0.1, 0.15) is 36.2 Å². The molecule has 17 rings (SSSR count). The van der Waals surface area contributed by atoms with E-state index in [1.54, 1.807) is 6.20 Å². The largest absolute Gasteiger partial charge is 0.493 e. The number of hydrogen-bond acceptors (Lipinski definition) is 9. The Morgan fingerprint density at radius 2 is 0.796 bits per heavy atom. The van der Waals surface area contributed by atoms with Gasteiger partial charge in [0, 0.05) is 105 Å². The number of nitrogens with one attached hydrogen (secondary N) is 4. The van der Waals surface area contributed by atoms with Crippen LogP contribution >= 0.6 is 0 Å². The molecule has 13 nitrogen and oxygen atoms in total. The average Bonchev–Trinajstić information content (AvgIpc) is 1.71. The Morgan fingerprint density at radius 1 is 0.355 bits per heavy atom. The minimum atomic E-state index is 0.465. The molecule has 13 heteroatoms. The van der Waals surface area contributed by atoms with Gasteiger partial charge in [-0.25, -0.2) is 0 Å². The summed E-state index contributed by atoms with van der Waals surface area (Å²) in [5, 5.41) is 12.2. The molecule has 1 aliphatic carbocycles. The van der Waals surface area contributed by atoms with Crippen molar-refractivity contribution in [3.63, 3.8) is 0 Å². The summed E-state index contributed by atoms with van der Waals surface area (Å²) in [6, 6.07) is 64.1. The van der Waals surface area contributed by atoms with Crippen LogP contribution in [-0.2, 0) is 19.6 Å². The lowest BCUT2D eigenvalue weighted by Gasteiger charge is -2.21. The van der Waals surface area contributed by atoms with E-state index in [-0.39, 0.29) is 0 Å². The molecule has 462 valence electrons. The molecule has 93 heavy (non-hydrogen) atoms. The number of pyridine rings is 5. The number of benzene rings is 7. The molecule has 9 aromatic heterocycles. The van der Waals surface area contributed by atoms with E-state index in [1.165, 1.54) is 97.1 Å². The van der Waals surface area contributed by atoms with Crippen molar-refractivity contribution in [2.45, 2.75) is 79.4 Å². The first-order valence-electron chi connectivity index (χ1n) is 32.1. The SMILES string of the molecule is Cc1nccc2c1[nH]c1cc(OCC3CCCCC3)ccc12.Cc1nccc2c1[nH]c1cc(OCCc3ccccc3)ccc12.Cc1nccc2c1[nH]c1cc(OCc3cccc4ccccc34)ccc12.Cc1nccc2c1[nH]c1cc(OCc3ccccn3)ccc12. The quantitative estimate of drug-likeness (QED) is 0.0879. The van der Waals surface area contributed by atoms with Gasteiger partial charge in [0.15, 0.2) is 0 Å². The highest BCUT2D eigenvalue weighted by Crippen LogP contribution is 2.35. The van der Waals surface area contributed by atoms with Crippen LogP contribution in [0.15, 0.2) is 219 Å². The van der Waals surface area contributed by atoms with E-state index in [2.05, 4.69) is 178 Å². The summed E-state index contributed by atoms with van der Waals surface area (Å²) < 4.78 is 23.9. The number of aromatic amines is 4. The molecule has 0 spiro atoms. The van der Waals surface area contributed by atoms with Gasteiger partial charge in [-0.1, -0.05) is 98.1 Å². The van der Waals surface area contributed by atoms with E-state index in [1.807, 2.05) is 107 Å². The fourth-order valence-electron chi connectivity index (χ4n) is 12.9. The van der Waals surface area contributed by atoms with Crippen molar-refractivity contribution in [1.82, 2.24) is 44.9 Å². The summed E-state index contributed by atoms with van der Waals surface area (Å²) >= 11 is 0. The van der Waals surface area contributed by atoms with Crippen LogP contribution in [0.3, 0.4) is 0 Å². The van der Waals surface area contributed by atoms with Crippen molar-refractivity contribution in [2.24, 2.45) is 5.92 Å². The average molecular weight is 1220 g/mol. The lowest BCUT2D eigenvalue weighted by molar-refractivity contribution is 0.209. The number of rotatable bonds is 13.